The van der Waals surface area contributed by atoms with Gasteiger partial charge >= 0.3 is 5.97 Å². The van der Waals surface area contributed by atoms with Crippen LogP contribution in [-0.4, -0.2) is 40.5 Å². The highest BCUT2D eigenvalue weighted by atomic mass is 16.5. The molecule has 1 aromatic heterocycles. The van der Waals surface area contributed by atoms with Crippen molar-refractivity contribution in [2.75, 3.05) is 6.61 Å². The Bertz CT molecular complexity index is 712. The maximum Gasteiger partial charge on any atom is 0.340 e. The fourth-order valence-corrected chi connectivity index (χ4v) is 3.43. The van der Waals surface area contributed by atoms with Crippen LogP contribution in [0.3, 0.4) is 0 Å². The molecule has 1 fully saturated rings. The number of nitrogens with one attached hydrogen (secondary N) is 1. The smallest absolute Gasteiger partial charge is 0.340 e. The molecule has 122 valence electrons. The van der Waals surface area contributed by atoms with E-state index in [0.717, 1.165) is 30.2 Å². The van der Waals surface area contributed by atoms with Gasteiger partial charge in [0.15, 0.2) is 6.61 Å². The number of carbonyl (C=O) groups is 2. The molecule has 23 heavy (non-hydrogen) atoms. The van der Waals surface area contributed by atoms with Crippen LogP contribution in [0.2, 0.25) is 0 Å². The molecule has 1 N–H and O–H groups in total. The van der Waals surface area contributed by atoms with Crippen LogP contribution >= 0.6 is 0 Å². The van der Waals surface area contributed by atoms with E-state index < -0.39 is 5.97 Å². The maximum absolute atomic E-state index is 12.4. The molecule has 0 bridgehead atoms. The number of likely N-dealkylation sites (tertiary alicyclic amines) is 1. The predicted octanol–water partition coefficient (Wildman–Crippen LogP) is 3.11. The number of fused-ring (bicyclic) bond motifs is 1. The molecule has 2 aromatic rings. The summed E-state index contributed by atoms with van der Waals surface area (Å²) in [6.45, 7) is 3.90. The summed E-state index contributed by atoms with van der Waals surface area (Å²) < 4.78 is 5.26. The van der Waals surface area contributed by atoms with Crippen LogP contribution < -0.4 is 0 Å². The Balaban J connectivity index is 1.65. The van der Waals surface area contributed by atoms with Crippen molar-refractivity contribution in [1.82, 2.24) is 9.88 Å². The molecular weight excluding hydrogens is 292 g/mol. The molecule has 3 rings (SSSR count). The molecule has 1 saturated heterocycles. The van der Waals surface area contributed by atoms with Gasteiger partial charge in [-0.2, -0.15) is 0 Å². The van der Waals surface area contributed by atoms with Gasteiger partial charge in [0.1, 0.15) is 0 Å². The number of esters is 1. The molecule has 0 radical (unpaired) electrons. The Morgan fingerprint density at radius 3 is 2.65 bits per heavy atom. The fourth-order valence-electron chi connectivity index (χ4n) is 3.43. The van der Waals surface area contributed by atoms with Crippen molar-refractivity contribution in [3.05, 3.63) is 36.0 Å². The van der Waals surface area contributed by atoms with Crippen LogP contribution in [0.4, 0.5) is 0 Å². The number of carbonyl (C=O) groups excluding carboxylic acids is 2. The highest BCUT2D eigenvalue weighted by Gasteiger charge is 2.29. The van der Waals surface area contributed by atoms with E-state index in [1.165, 1.54) is 0 Å². The highest BCUT2D eigenvalue weighted by Crippen LogP contribution is 2.23. The summed E-state index contributed by atoms with van der Waals surface area (Å²) in [5, 5.41) is 0.810. The first kappa shape index (κ1) is 15.6. The van der Waals surface area contributed by atoms with E-state index in [0.29, 0.717) is 5.56 Å². The van der Waals surface area contributed by atoms with Crippen molar-refractivity contribution < 1.29 is 14.3 Å². The number of H-pyrrole nitrogens is 1. The number of rotatable bonds is 3. The second kappa shape index (κ2) is 6.44. The highest BCUT2D eigenvalue weighted by molar-refractivity contribution is 6.04. The van der Waals surface area contributed by atoms with Crippen molar-refractivity contribution in [2.45, 2.75) is 45.2 Å². The molecule has 5 heteroatoms. The van der Waals surface area contributed by atoms with Crippen molar-refractivity contribution in [1.29, 1.82) is 0 Å². The number of amides is 1. The van der Waals surface area contributed by atoms with Gasteiger partial charge in [-0.1, -0.05) is 18.2 Å². The summed E-state index contributed by atoms with van der Waals surface area (Å²) in [5.74, 6) is -0.578. The topological polar surface area (TPSA) is 62.4 Å². The molecule has 5 nitrogen and oxygen atoms in total. The van der Waals surface area contributed by atoms with E-state index in [-0.39, 0.29) is 24.6 Å². The zero-order valence-electron chi connectivity index (χ0n) is 13.5. The number of hydrogen-bond acceptors (Lipinski definition) is 3. The van der Waals surface area contributed by atoms with Gasteiger partial charge in [0.25, 0.3) is 5.91 Å². The van der Waals surface area contributed by atoms with Crippen molar-refractivity contribution in [3.8, 4) is 0 Å². The summed E-state index contributed by atoms with van der Waals surface area (Å²) in [7, 11) is 0. The average Bonchev–Trinajstić information content (AvgIpc) is 2.96. The first-order valence-corrected chi connectivity index (χ1v) is 8.12. The van der Waals surface area contributed by atoms with Gasteiger partial charge in [-0.05, 0) is 39.2 Å². The molecule has 0 aliphatic carbocycles. The monoisotopic (exact) mass is 314 g/mol. The molecule has 2 atom stereocenters. The summed E-state index contributed by atoms with van der Waals surface area (Å²) in [5.41, 5.74) is 1.34. The zero-order chi connectivity index (χ0) is 16.4. The minimum Gasteiger partial charge on any atom is -0.452 e. The third-order valence-electron chi connectivity index (χ3n) is 4.62. The molecule has 1 aliphatic rings. The lowest BCUT2D eigenvalue weighted by atomic mass is 9.97. The third-order valence-corrected chi connectivity index (χ3v) is 4.62. The third kappa shape index (κ3) is 3.09. The number of aromatic nitrogens is 1. The van der Waals surface area contributed by atoms with Crippen LogP contribution in [-0.2, 0) is 9.53 Å². The summed E-state index contributed by atoms with van der Waals surface area (Å²) >= 11 is 0. The SMILES string of the molecule is C[C@@H]1CCC[C@@H](C)N1C(=O)COC(=O)c1c[nH]c2ccccc12. The number of para-hydroxylation sites is 1. The number of aromatic amines is 1. The molecule has 0 unspecified atom stereocenters. The maximum atomic E-state index is 12.4. The quantitative estimate of drug-likeness (QED) is 0.885. The standard InChI is InChI=1S/C18H22N2O3/c1-12-6-5-7-13(2)20(12)17(21)11-23-18(22)15-10-19-16-9-4-3-8-14(15)16/h3-4,8-10,12-13,19H,5-7,11H2,1-2H3/t12-,13-/m1/s1. The Kier molecular flexibility index (Phi) is 4.37. The van der Waals surface area contributed by atoms with E-state index >= 15 is 0 Å². The average molecular weight is 314 g/mol. The van der Waals surface area contributed by atoms with E-state index in [1.807, 2.05) is 29.2 Å². The second-order valence-electron chi connectivity index (χ2n) is 6.25. The van der Waals surface area contributed by atoms with Crippen LogP contribution in [0, 0.1) is 0 Å². The number of hydrogen-bond donors (Lipinski definition) is 1. The molecule has 1 aromatic carbocycles. The fraction of sp³-hybridized carbons (Fsp3) is 0.444. The molecule has 0 spiro atoms. The lowest BCUT2D eigenvalue weighted by Crippen LogP contribution is -2.49. The number of nitrogens with zero attached hydrogens (tertiary/aromatic N) is 1. The van der Waals surface area contributed by atoms with Crippen LogP contribution in [0.5, 0.6) is 0 Å². The zero-order valence-corrected chi connectivity index (χ0v) is 13.5. The van der Waals surface area contributed by atoms with E-state index in [2.05, 4.69) is 18.8 Å². The first-order valence-electron chi connectivity index (χ1n) is 8.12. The summed E-state index contributed by atoms with van der Waals surface area (Å²) in [6.07, 6.45) is 4.78. The van der Waals surface area contributed by atoms with Gasteiger partial charge in [0.05, 0.1) is 5.56 Å². The van der Waals surface area contributed by atoms with Gasteiger partial charge in [0.2, 0.25) is 0 Å². The predicted molar refractivity (Wildman–Crippen MR) is 88.2 cm³/mol. The van der Waals surface area contributed by atoms with E-state index in [9.17, 15) is 9.59 Å². The number of benzene rings is 1. The van der Waals surface area contributed by atoms with Crippen LogP contribution in [0.25, 0.3) is 10.9 Å². The number of ether oxygens (including phenoxy) is 1. The van der Waals surface area contributed by atoms with Gasteiger partial charge in [-0.15, -0.1) is 0 Å². The minimum atomic E-state index is -0.465. The van der Waals surface area contributed by atoms with Gasteiger partial charge in [0, 0.05) is 29.2 Å². The van der Waals surface area contributed by atoms with Crippen LogP contribution in [0.15, 0.2) is 30.5 Å². The summed E-state index contributed by atoms with van der Waals surface area (Å²) in [4.78, 5) is 29.5. The Hall–Kier alpha value is -2.30. The Morgan fingerprint density at radius 2 is 1.91 bits per heavy atom. The summed E-state index contributed by atoms with van der Waals surface area (Å²) in [6, 6.07) is 7.94. The van der Waals surface area contributed by atoms with Crippen LogP contribution in [0.1, 0.15) is 43.5 Å². The van der Waals surface area contributed by atoms with E-state index in [1.54, 1.807) is 6.20 Å². The first-order chi connectivity index (χ1) is 11.1. The van der Waals surface area contributed by atoms with Gasteiger partial charge < -0.3 is 14.6 Å². The van der Waals surface area contributed by atoms with Crippen molar-refractivity contribution in [3.63, 3.8) is 0 Å². The largest absolute Gasteiger partial charge is 0.452 e. The van der Waals surface area contributed by atoms with Crippen molar-refractivity contribution in [2.24, 2.45) is 0 Å². The second-order valence-corrected chi connectivity index (χ2v) is 6.25. The molecular formula is C18H22N2O3. The Labute approximate surface area is 135 Å². The Morgan fingerprint density at radius 1 is 1.22 bits per heavy atom. The molecule has 1 amide bonds. The molecule has 2 heterocycles. The van der Waals surface area contributed by atoms with Gasteiger partial charge in [-0.25, -0.2) is 4.79 Å². The van der Waals surface area contributed by atoms with E-state index in [4.69, 9.17) is 4.74 Å². The van der Waals surface area contributed by atoms with Crippen molar-refractivity contribution >= 4 is 22.8 Å². The normalized spacial score (nSPS) is 21.4. The molecule has 1 aliphatic heterocycles. The lowest BCUT2D eigenvalue weighted by molar-refractivity contribution is -0.140. The number of piperidine rings is 1. The van der Waals surface area contributed by atoms with Gasteiger partial charge in [-0.3, -0.25) is 4.79 Å². The lowest BCUT2D eigenvalue weighted by Gasteiger charge is -2.38. The minimum absolute atomic E-state index is 0.113. The molecule has 0 saturated carbocycles.